The lowest BCUT2D eigenvalue weighted by Gasteiger charge is -2.24. The monoisotopic (exact) mass is 471 g/mol. The van der Waals surface area contributed by atoms with E-state index >= 15 is 0 Å². The topological polar surface area (TPSA) is 88.7 Å². The van der Waals surface area contributed by atoms with Crippen LogP contribution in [0.4, 0.5) is 13.2 Å². The molecule has 0 saturated carbocycles. The lowest BCUT2D eigenvalue weighted by Crippen LogP contribution is -2.31. The highest BCUT2D eigenvalue weighted by Crippen LogP contribution is 2.36. The number of hydrogen-bond acceptors (Lipinski definition) is 5. The first-order valence-electron chi connectivity index (χ1n) is 10.8. The van der Waals surface area contributed by atoms with Crippen LogP contribution in [0.1, 0.15) is 34.5 Å². The average Bonchev–Trinajstić information content (AvgIpc) is 3.27. The van der Waals surface area contributed by atoms with E-state index in [1.165, 1.54) is 12.1 Å². The molecule has 0 spiro atoms. The minimum absolute atomic E-state index is 0.0401. The van der Waals surface area contributed by atoms with Crippen molar-refractivity contribution in [1.82, 2.24) is 9.88 Å². The molecular weight excluding hydrogens is 447 g/mol. The Hall–Kier alpha value is -3.43. The maximum absolute atomic E-state index is 13.3. The first kappa shape index (κ1) is 23.7. The molecule has 34 heavy (non-hydrogen) atoms. The lowest BCUT2D eigenvalue weighted by atomic mass is 10.1. The molecule has 178 valence electrons. The van der Waals surface area contributed by atoms with Crippen LogP contribution in [0, 0.1) is 0 Å². The van der Waals surface area contributed by atoms with Crippen molar-refractivity contribution >= 4 is 5.91 Å². The summed E-state index contributed by atoms with van der Waals surface area (Å²) in [6, 6.07) is 15.2. The molecule has 0 aliphatic carbocycles. The number of carbonyl (C=O) groups is 1. The van der Waals surface area contributed by atoms with E-state index in [2.05, 4.69) is 4.98 Å². The largest absolute Gasteiger partial charge is 0.457 e. The Balaban J connectivity index is 1.59. The second kappa shape index (κ2) is 9.82. The van der Waals surface area contributed by atoms with Crippen molar-refractivity contribution in [3.63, 3.8) is 0 Å². The van der Waals surface area contributed by atoms with Crippen molar-refractivity contribution in [1.29, 1.82) is 0 Å². The number of aliphatic hydroxyl groups excluding tert-OH is 1. The molecule has 9 heteroatoms. The zero-order valence-corrected chi connectivity index (χ0v) is 18.3. The highest BCUT2D eigenvalue weighted by molar-refractivity contribution is 5.91. The van der Waals surface area contributed by atoms with Crippen LogP contribution in [0.2, 0.25) is 0 Å². The van der Waals surface area contributed by atoms with Gasteiger partial charge >= 0.3 is 6.18 Å². The van der Waals surface area contributed by atoms with Gasteiger partial charge in [-0.2, -0.15) is 13.2 Å². The molecule has 3 N–H and O–H groups in total. The normalized spacial score (nSPS) is 16.5. The molecular formula is C25H24F3N3O3. The number of ether oxygens (including phenoxy) is 1. The number of halogens is 3. The number of carbonyl (C=O) groups excluding carboxylic acids is 1. The molecule has 1 fully saturated rings. The number of benzene rings is 2. The predicted molar refractivity (Wildman–Crippen MR) is 120 cm³/mol. The van der Waals surface area contributed by atoms with Gasteiger partial charge in [0, 0.05) is 23.7 Å². The summed E-state index contributed by atoms with van der Waals surface area (Å²) in [5, 5.41) is 9.59. The minimum atomic E-state index is -4.47. The Morgan fingerprint density at radius 2 is 1.91 bits per heavy atom. The Kier molecular flexibility index (Phi) is 6.85. The van der Waals surface area contributed by atoms with Crippen molar-refractivity contribution in [2.24, 2.45) is 5.73 Å². The Morgan fingerprint density at radius 1 is 1.15 bits per heavy atom. The Morgan fingerprint density at radius 3 is 2.59 bits per heavy atom. The SMILES string of the molecule is NC(=O)c1cccc(-c2ccc(Oc3ccc(C(F)(F)F)cc3CN3CCC[C@H]3CO)cc2)n1. The predicted octanol–water partition coefficient (Wildman–Crippen LogP) is 4.62. The van der Waals surface area contributed by atoms with Crippen LogP contribution in [0.5, 0.6) is 11.5 Å². The van der Waals surface area contributed by atoms with Crippen LogP contribution in [0.3, 0.4) is 0 Å². The summed E-state index contributed by atoms with van der Waals surface area (Å²) in [5.41, 5.74) is 6.38. The average molecular weight is 471 g/mol. The fourth-order valence-corrected chi connectivity index (χ4v) is 4.06. The van der Waals surface area contributed by atoms with Gasteiger partial charge in [0.2, 0.25) is 0 Å². The molecule has 1 aliphatic rings. The van der Waals surface area contributed by atoms with Crippen molar-refractivity contribution in [3.05, 3.63) is 77.5 Å². The number of amides is 1. The molecule has 2 aromatic carbocycles. The van der Waals surface area contributed by atoms with E-state index in [4.69, 9.17) is 10.5 Å². The number of alkyl halides is 3. The standard InChI is InChI=1S/C25H24F3N3O3/c26-25(27,28)18-8-11-23(17(13-18)14-31-12-2-3-19(31)15-32)34-20-9-6-16(7-10-20)21-4-1-5-22(30-21)24(29)33/h1,4-11,13,19,32H,2-3,12,14-15H2,(H2,29,33)/t19-/m0/s1. The molecule has 0 unspecified atom stereocenters. The van der Waals surface area contributed by atoms with Gasteiger partial charge in [-0.25, -0.2) is 4.98 Å². The second-order valence-corrected chi connectivity index (χ2v) is 8.17. The first-order valence-corrected chi connectivity index (χ1v) is 10.8. The molecule has 1 aliphatic heterocycles. The summed E-state index contributed by atoms with van der Waals surface area (Å²) in [6.45, 7) is 0.904. The van der Waals surface area contributed by atoms with Crippen molar-refractivity contribution in [2.75, 3.05) is 13.2 Å². The molecule has 1 saturated heterocycles. The van der Waals surface area contributed by atoms with Crippen molar-refractivity contribution in [2.45, 2.75) is 31.6 Å². The summed E-state index contributed by atoms with van der Waals surface area (Å²) < 4.78 is 46.0. The van der Waals surface area contributed by atoms with Gasteiger partial charge < -0.3 is 15.6 Å². The van der Waals surface area contributed by atoms with E-state index in [-0.39, 0.29) is 24.9 Å². The summed E-state index contributed by atoms with van der Waals surface area (Å²) in [6.07, 6.45) is -2.78. The van der Waals surface area contributed by atoms with Crippen molar-refractivity contribution < 1.29 is 27.8 Å². The van der Waals surface area contributed by atoms with E-state index in [0.29, 0.717) is 29.3 Å². The highest BCUT2D eigenvalue weighted by atomic mass is 19.4. The third-order valence-corrected chi connectivity index (χ3v) is 5.85. The van der Waals surface area contributed by atoms with Crippen LogP contribution in [0.25, 0.3) is 11.3 Å². The fourth-order valence-electron chi connectivity index (χ4n) is 4.06. The van der Waals surface area contributed by atoms with Crippen LogP contribution in [-0.4, -0.2) is 40.1 Å². The zero-order chi connectivity index (χ0) is 24.3. The molecule has 0 radical (unpaired) electrons. The third kappa shape index (κ3) is 5.37. The zero-order valence-electron chi connectivity index (χ0n) is 18.3. The van der Waals surface area contributed by atoms with E-state index in [9.17, 15) is 23.1 Å². The molecule has 1 aromatic heterocycles. The maximum Gasteiger partial charge on any atom is 0.416 e. The second-order valence-electron chi connectivity index (χ2n) is 8.17. The summed E-state index contributed by atoms with van der Waals surface area (Å²) in [4.78, 5) is 17.6. The molecule has 2 heterocycles. The van der Waals surface area contributed by atoms with Crippen LogP contribution >= 0.6 is 0 Å². The van der Waals surface area contributed by atoms with Crippen LogP contribution < -0.4 is 10.5 Å². The fraction of sp³-hybridized carbons (Fsp3) is 0.280. The Bertz CT molecular complexity index is 1170. The van der Waals surface area contributed by atoms with E-state index in [1.807, 2.05) is 4.90 Å². The van der Waals surface area contributed by atoms with Gasteiger partial charge in [0.1, 0.15) is 17.2 Å². The third-order valence-electron chi connectivity index (χ3n) is 5.85. The number of aromatic nitrogens is 1. The summed E-state index contributed by atoms with van der Waals surface area (Å²) in [5.74, 6) is 0.132. The van der Waals surface area contributed by atoms with Gasteiger partial charge in [0.05, 0.1) is 17.9 Å². The lowest BCUT2D eigenvalue weighted by molar-refractivity contribution is -0.137. The minimum Gasteiger partial charge on any atom is -0.457 e. The van der Waals surface area contributed by atoms with Gasteiger partial charge in [-0.15, -0.1) is 0 Å². The first-order chi connectivity index (χ1) is 16.2. The molecule has 3 aromatic rings. The Labute approximate surface area is 194 Å². The van der Waals surface area contributed by atoms with E-state index in [0.717, 1.165) is 30.5 Å². The number of pyridine rings is 1. The molecule has 6 nitrogen and oxygen atoms in total. The van der Waals surface area contributed by atoms with Gasteiger partial charge in [0.25, 0.3) is 5.91 Å². The van der Waals surface area contributed by atoms with E-state index < -0.39 is 17.6 Å². The highest BCUT2D eigenvalue weighted by Gasteiger charge is 2.32. The molecule has 0 bridgehead atoms. The van der Waals surface area contributed by atoms with Gasteiger partial charge in [-0.05, 0) is 74.0 Å². The summed E-state index contributed by atoms with van der Waals surface area (Å²) >= 11 is 0. The quantitative estimate of drug-likeness (QED) is 0.525. The molecule has 1 amide bonds. The number of nitrogens with two attached hydrogens (primary N) is 1. The summed E-state index contributed by atoms with van der Waals surface area (Å²) in [7, 11) is 0. The van der Waals surface area contributed by atoms with Gasteiger partial charge in [-0.3, -0.25) is 9.69 Å². The number of nitrogens with zero attached hydrogens (tertiary/aromatic N) is 2. The molecule has 4 rings (SSSR count). The van der Waals surface area contributed by atoms with Crippen LogP contribution in [-0.2, 0) is 12.7 Å². The smallest absolute Gasteiger partial charge is 0.416 e. The van der Waals surface area contributed by atoms with E-state index in [1.54, 1.807) is 36.4 Å². The number of aliphatic hydroxyl groups is 1. The number of hydrogen-bond donors (Lipinski definition) is 2. The maximum atomic E-state index is 13.3. The van der Waals surface area contributed by atoms with Gasteiger partial charge in [0.15, 0.2) is 0 Å². The van der Waals surface area contributed by atoms with Crippen molar-refractivity contribution in [3.8, 4) is 22.8 Å². The molecule has 1 atom stereocenters. The number of likely N-dealkylation sites (tertiary alicyclic amines) is 1. The van der Waals surface area contributed by atoms with Gasteiger partial charge in [-0.1, -0.05) is 6.07 Å². The number of rotatable bonds is 7. The van der Waals surface area contributed by atoms with Crippen LogP contribution in [0.15, 0.2) is 60.7 Å². The number of primary amides is 1.